The van der Waals surface area contributed by atoms with Crippen molar-refractivity contribution in [2.75, 3.05) is 6.54 Å². The molecular formula is C11H17NO2S. The van der Waals surface area contributed by atoms with Crippen LogP contribution in [0.25, 0.3) is 0 Å². The maximum atomic E-state index is 11.4. The van der Waals surface area contributed by atoms with Crippen molar-refractivity contribution >= 4 is 17.2 Å². The van der Waals surface area contributed by atoms with Gasteiger partial charge in [0.15, 0.2) is 0 Å². The summed E-state index contributed by atoms with van der Waals surface area (Å²) in [5, 5.41) is 14.1. The Morgan fingerprint density at radius 3 is 3.07 bits per heavy atom. The van der Waals surface area contributed by atoms with Gasteiger partial charge in [0.1, 0.15) is 0 Å². The zero-order valence-electron chi connectivity index (χ0n) is 8.90. The van der Waals surface area contributed by atoms with Gasteiger partial charge in [-0.2, -0.15) is 0 Å². The van der Waals surface area contributed by atoms with E-state index in [-0.39, 0.29) is 5.91 Å². The summed E-state index contributed by atoms with van der Waals surface area (Å²) in [7, 11) is 0. The van der Waals surface area contributed by atoms with Crippen molar-refractivity contribution in [1.82, 2.24) is 5.32 Å². The van der Waals surface area contributed by atoms with E-state index in [1.165, 1.54) is 0 Å². The van der Waals surface area contributed by atoms with E-state index in [1.54, 1.807) is 11.3 Å². The molecule has 0 aromatic carbocycles. The Labute approximate surface area is 94.1 Å². The van der Waals surface area contributed by atoms with E-state index in [0.717, 1.165) is 17.7 Å². The van der Waals surface area contributed by atoms with Crippen molar-refractivity contribution < 1.29 is 9.90 Å². The molecule has 1 aromatic heterocycles. The predicted octanol–water partition coefficient (Wildman–Crippen LogP) is 1.57. The molecule has 1 rings (SSSR count). The van der Waals surface area contributed by atoms with Gasteiger partial charge in [0, 0.05) is 11.4 Å². The van der Waals surface area contributed by atoms with Crippen molar-refractivity contribution in [3.63, 3.8) is 0 Å². The van der Waals surface area contributed by atoms with Gasteiger partial charge < -0.3 is 10.4 Å². The number of aliphatic hydroxyl groups excluding tert-OH is 1. The Kier molecular flexibility index (Phi) is 5.36. The maximum Gasteiger partial charge on any atom is 0.225 e. The SMILES string of the molecule is CCCC(O)CNC(=O)Cc1cccs1. The lowest BCUT2D eigenvalue weighted by Crippen LogP contribution is -2.32. The zero-order valence-corrected chi connectivity index (χ0v) is 9.72. The van der Waals surface area contributed by atoms with Gasteiger partial charge in [-0.25, -0.2) is 0 Å². The normalized spacial score (nSPS) is 12.4. The van der Waals surface area contributed by atoms with Crippen molar-refractivity contribution in [2.24, 2.45) is 0 Å². The summed E-state index contributed by atoms with van der Waals surface area (Å²) in [4.78, 5) is 12.5. The molecule has 0 saturated carbocycles. The Hall–Kier alpha value is -0.870. The summed E-state index contributed by atoms with van der Waals surface area (Å²) in [5.41, 5.74) is 0. The summed E-state index contributed by atoms with van der Waals surface area (Å²) in [6.45, 7) is 2.37. The van der Waals surface area contributed by atoms with E-state index in [9.17, 15) is 9.90 Å². The number of nitrogens with one attached hydrogen (secondary N) is 1. The zero-order chi connectivity index (χ0) is 11.1. The van der Waals surface area contributed by atoms with Crippen LogP contribution >= 0.6 is 11.3 Å². The lowest BCUT2D eigenvalue weighted by Gasteiger charge is -2.10. The lowest BCUT2D eigenvalue weighted by molar-refractivity contribution is -0.120. The number of thiophene rings is 1. The first kappa shape index (κ1) is 12.2. The molecule has 4 heteroatoms. The number of rotatable bonds is 6. The van der Waals surface area contributed by atoms with Crippen LogP contribution in [-0.4, -0.2) is 23.7 Å². The number of hydrogen-bond acceptors (Lipinski definition) is 3. The third-order valence-electron chi connectivity index (χ3n) is 2.07. The van der Waals surface area contributed by atoms with Crippen LogP contribution in [0.3, 0.4) is 0 Å². The van der Waals surface area contributed by atoms with Crippen molar-refractivity contribution in [3.8, 4) is 0 Å². The van der Waals surface area contributed by atoms with Crippen molar-refractivity contribution in [3.05, 3.63) is 22.4 Å². The summed E-state index contributed by atoms with van der Waals surface area (Å²) in [5.74, 6) is -0.0207. The van der Waals surface area contributed by atoms with Crippen LogP contribution in [0.5, 0.6) is 0 Å². The average Bonchev–Trinajstić information content (AvgIpc) is 2.68. The van der Waals surface area contributed by atoms with Crippen LogP contribution in [0.2, 0.25) is 0 Å². The minimum Gasteiger partial charge on any atom is -0.391 e. The molecule has 1 heterocycles. The Morgan fingerprint density at radius 2 is 2.47 bits per heavy atom. The van der Waals surface area contributed by atoms with Crippen LogP contribution in [0.1, 0.15) is 24.6 Å². The molecule has 1 atom stereocenters. The van der Waals surface area contributed by atoms with Gasteiger partial charge in [-0.15, -0.1) is 11.3 Å². The molecule has 1 aromatic rings. The first-order valence-corrected chi connectivity index (χ1v) is 6.07. The van der Waals surface area contributed by atoms with Gasteiger partial charge in [0.05, 0.1) is 12.5 Å². The number of hydrogen-bond donors (Lipinski definition) is 2. The minimum absolute atomic E-state index is 0.0207. The number of amides is 1. The van der Waals surface area contributed by atoms with Crippen LogP contribution in [0, 0.1) is 0 Å². The van der Waals surface area contributed by atoms with Crippen LogP contribution in [-0.2, 0) is 11.2 Å². The highest BCUT2D eigenvalue weighted by atomic mass is 32.1. The molecule has 0 radical (unpaired) electrons. The van der Waals surface area contributed by atoms with Crippen LogP contribution in [0.15, 0.2) is 17.5 Å². The molecule has 1 amide bonds. The van der Waals surface area contributed by atoms with Gasteiger partial charge in [0.25, 0.3) is 0 Å². The highest BCUT2D eigenvalue weighted by Gasteiger charge is 2.07. The summed E-state index contributed by atoms with van der Waals surface area (Å²) in [6, 6.07) is 3.87. The number of carbonyl (C=O) groups excluding carboxylic acids is 1. The quantitative estimate of drug-likeness (QED) is 0.775. The van der Waals surface area contributed by atoms with Gasteiger partial charge >= 0.3 is 0 Å². The molecule has 0 aliphatic heterocycles. The number of carbonyl (C=O) groups is 1. The van der Waals surface area contributed by atoms with Gasteiger partial charge in [0.2, 0.25) is 5.91 Å². The highest BCUT2D eigenvalue weighted by Crippen LogP contribution is 2.08. The Morgan fingerprint density at radius 1 is 1.67 bits per heavy atom. The third kappa shape index (κ3) is 4.95. The minimum atomic E-state index is -0.415. The molecule has 2 N–H and O–H groups in total. The molecule has 0 bridgehead atoms. The van der Waals surface area contributed by atoms with Crippen molar-refractivity contribution in [2.45, 2.75) is 32.3 Å². The molecule has 0 aliphatic carbocycles. The molecule has 0 saturated heterocycles. The molecular weight excluding hydrogens is 210 g/mol. The van der Waals surface area contributed by atoms with Gasteiger partial charge in [-0.3, -0.25) is 4.79 Å². The van der Waals surface area contributed by atoms with Gasteiger partial charge in [-0.1, -0.05) is 19.4 Å². The number of aliphatic hydroxyl groups is 1. The fourth-order valence-corrected chi connectivity index (χ4v) is 2.00. The van der Waals surface area contributed by atoms with E-state index < -0.39 is 6.10 Å². The van der Waals surface area contributed by atoms with E-state index in [2.05, 4.69) is 5.32 Å². The topological polar surface area (TPSA) is 49.3 Å². The molecule has 1 unspecified atom stereocenters. The second-order valence-corrected chi connectivity index (χ2v) is 4.53. The standard InChI is InChI=1S/C11H17NO2S/c1-2-4-9(13)8-12-11(14)7-10-5-3-6-15-10/h3,5-6,9,13H,2,4,7-8H2,1H3,(H,12,14). The lowest BCUT2D eigenvalue weighted by atomic mass is 10.2. The molecule has 0 fully saturated rings. The highest BCUT2D eigenvalue weighted by molar-refractivity contribution is 7.10. The molecule has 0 spiro atoms. The van der Waals surface area contributed by atoms with Crippen LogP contribution in [0.4, 0.5) is 0 Å². The summed E-state index contributed by atoms with van der Waals surface area (Å²) < 4.78 is 0. The fourth-order valence-electron chi connectivity index (χ4n) is 1.30. The maximum absolute atomic E-state index is 11.4. The molecule has 84 valence electrons. The first-order valence-electron chi connectivity index (χ1n) is 5.19. The predicted molar refractivity (Wildman–Crippen MR) is 61.9 cm³/mol. The van der Waals surface area contributed by atoms with E-state index in [4.69, 9.17) is 0 Å². The van der Waals surface area contributed by atoms with Crippen LogP contribution < -0.4 is 5.32 Å². The summed E-state index contributed by atoms with van der Waals surface area (Å²) in [6.07, 6.45) is 1.67. The largest absolute Gasteiger partial charge is 0.391 e. The van der Waals surface area contributed by atoms with Crippen molar-refractivity contribution in [1.29, 1.82) is 0 Å². The first-order chi connectivity index (χ1) is 7.22. The van der Waals surface area contributed by atoms with E-state index >= 15 is 0 Å². The third-order valence-corrected chi connectivity index (χ3v) is 2.95. The Bertz CT molecular complexity index is 285. The molecule has 15 heavy (non-hydrogen) atoms. The monoisotopic (exact) mass is 227 g/mol. The molecule has 3 nitrogen and oxygen atoms in total. The molecule has 0 aliphatic rings. The smallest absolute Gasteiger partial charge is 0.225 e. The fraction of sp³-hybridized carbons (Fsp3) is 0.545. The van der Waals surface area contributed by atoms with Gasteiger partial charge in [-0.05, 0) is 17.9 Å². The van der Waals surface area contributed by atoms with E-state index in [1.807, 2.05) is 24.4 Å². The average molecular weight is 227 g/mol. The second kappa shape index (κ2) is 6.58. The second-order valence-electron chi connectivity index (χ2n) is 3.50. The van der Waals surface area contributed by atoms with E-state index in [0.29, 0.717) is 13.0 Å². The summed E-state index contributed by atoms with van der Waals surface area (Å²) >= 11 is 1.57. The Balaban J connectivity index is 2.19.